The molecule has 0 heterocycles. The molecule has 0 atom stereocenters. The summed E-state index contributed by atoms with van der Waals surface area (Å²) in [5.74, 6) is -1.85. The van der Waals surface area contributed by atoms with Crippen molar-refractivity contribution in [3.05, 3.63) is 65.7 Å². The van der Waals surface area contributed by atoms with Gasteiger partial charge in [0.15, 0.2) is 6.61 Å². The van der Waals surface area contributed by atoms with Crippen LogP contribution in [0, 0.1) is 0 Å². The predicted molar refractivity (Wildman–Crippen MR) is 110 cm³/mol. The lowest BCUT2D eigenvalue weighted by Gasteiger charge is -2.11. The minimum atomic E-state index is -0.727. The van der Waals surface area contributed by atoms with E-state index < -0.39 is 18.5 Å². The molecule has 0 fully saturated rings. The molecule has 0 aliphatic rings. The normalized spacial score (nSPS) is 10.0. The molecule has 0 spiro atoms. The van der Waals surface area contributed by atoms with Crippen molar-refractivity contribution in [3.8, 4) is 0 Å². The zero-order valence-electron chi connectivity index (χ0n) is 16.7. The molecule has 2 aromatic rings. The van der Waals surface area contributed by atoms with Gasteiger partial charge in [0.25, 0.3) is 5.91 Å². The highest BCUT2D eigenvalue weighted by atomic mass is 16.5. The van der Waals surface area contributed by atoms with Gasteiger partial charge in [-0.2, -0.15) is 0 Å². The molecule has 8 heteroatoms. The van der Waals surface area contributed by atoms with Crippen LogP contribution in [0.5, 0.6) is 0 Å². The van der Waals surface area contributed by atoms with Gasteiger partial charge in [0.05, 0.1) is 24.8 Å². The summed E-state index contributed by atoms with van der Waals surface area (Å²) in [6.07, 6.45) is 0.771. The van der Waals surface area contributed by atoms with Gasteiger partial charge in [-0.05, 0) is 24.1 Å². The number of carbonyl (C=O) groups excluding carboxylic acids is 4. The molecule has 0 unspecified atom stereocenters. The Bertz CT molecular complexity index is 882. The largest absolute Gasteiger partial charge is 0.469 e. The summed E-state index contributed by atoms with van der Waals surface area (Å²) in [7, 11) is 1.29. The van der Waals surface area contributed by atoms with Crippen LogP contribution in [0.4, 0.5) is 5.69 Å². The van der Waals surface area contributed by atoms with E-state index in [4.69, 9.17) is 4.74 Å². The highest BCUT2D eigenvalue weighted by molar-refractivity contribution is 6.02. The maximum atomic E-state index is 12.4. The Morgan fingerprint density at radius 1 is 0.900 bits per heavy atom. The van der Waals surface area contributed by atoms with Crippen LogP contribution in [0.3, 0.4) is 0 Å². The Hall–Kier alpha value is -3.68. The molecule has 2 aromatic carbocycles. The van der Waals surface area contributed by atoms with Crippen molar-refractivity contribution < 1.29 is 28.7 Å². The SMILES string of the molecule is COC(=O)CCCNC(=O)COC(=O)c1ccccc1NC(=O)Cc1ccccc1. The zero-order valence-corrected chi connectivity index (χ0v) is 16.7. The van der Waals surface area contributed by atoms with Gasteiger partial charge in [-0.3, -0.25) is 14.4 Å². The molecular weight excluding hydrogens is 388 g/mol. The number of anilines is 1. The van der Waals surface area contributed by atoms with E-state index in [9.17, 15) is 19.2 Å². The maximum Gasteiger partial charge on any atom is 0.340 e. The topological polar surface area (TPSA) is 111 Å². The van der Waals surface area contributed by atoms with Crippen LogP contribution in [0.2, 0.25) is 0 Å². The fourth-order valence-corrected chi connectivity index (χ4v) is 2.57. The van der Waals surface area contributed by atoms with E-state index in [2.05, 4.69) is 15.4 Å². The minimum Gasteiger partial charge on any atom is -0.469 e. The second-order valence-electron chi connectivity index (χ2n) is 6.36. The summed E-state index contributed by atoms with van der Waals surface area (Å²) in [5.41, 5.74) is 1.30. The van der Waals surface area contributed by atoms with Crippen LogP contribution in [0.1, 0.15) is 28.8 Å². The first kappa shape index (κ1) is 22.6. The molecule has 0 aliphatic carbocycles. The smallest absolute Gasteiger partial charge is 0.340 e. The summed E-state index contributed by atoms with van der Waals surface area (Å²) in [4.78, 5) is 47.4. The van der Waals surface area contributed by atoms with Crippen LogP contribution < -0.4 is 10.6 Å². The Morgan fingerprint density at radius 2 is 1.60 bits per heavy atom. The number of carbonyl (C=O) groups is 4. The van der Waals surface area contributed by atoms with Gasteiger partial charge in [-0.15, -0.1) is 0 Å². The van der Waals surface area contributed by atoms with Gasteiger partial charge in [0.2, 0.25) is 5.91 Å². The molecule has 2 rings (SSSR count). The summed E-state index contributed by atoms with van der Waals surface area (Å²) in [6.45, 7) is -0.207. The summed E-state index contributed by atoms with van der Waals surface area (Å²) in [6, 6.07) is 15.6. The molecule has 158 valence electrons. The number of esters is 2. The van der Waals surface area contributed by atoms with Crippen molar-refractivity contribution >= 4 is 29.4 Å². The number of amides is 2. The number of nitrogens with one attached hydrogen (secondary N) is 2. The molecule has 0 saturated heterocycles. The molecule has 8 nitrogen and oxygen atoms in total. The Kier molecular flexibility index (Phi) is 9.05. The van der Waals surface area contributed by atoms with Gasteiger partial charge >= 0.3 is 11.9 Å². The van der Waals surface area contributed by atoms with E-state index in [1.54, 1.807) is 18.2 Å². The van der Waals surface area contributed by atoms with Crippen LogP contribution >= 0.6 is 0 Å². The molecule has 0 saturated carbocycles. The molecule has 0 radical (unpaired) electrons. The highest BCUT2D eigenvalue weighted by Crippen LogP contribution is 2.17. The van der Waals surface area contributed by atoms with E-state index in [1.165, 1.54) is 13.2 Å². The van der Waals surface area contributed by atoms with Crippen LogP contribution in [-0.4, -0.2) is 44.0 Å². The standard InChI is InChI=1S/C22H24N2O6/c1-29-21(27)12-7-13-23-20(26)15-30-22(28)17-10-5-6-11-18(17)24-19(25)14-16-8-3-2-4-9-16/h2-6,8-11H,7,12-15H2,1H3,(H,23,26)(H,24,25). The van der Waals surface area contributed by atoms with E-state index in [-0.39, 0.29) is 36.8 Å². The lowest BCUT2D eigenvalue weighted by atomic mass is 10.1. The number of hydrogen-bond donors (Lipinski definition) is 2. The molecule has 2 amide bonds. The van der Waals surface area contributed by atoms with E-state index in [1.807, 2.05) is 30.3 Å². The maximum absolute atomic E-state index is 12.4. The average molecular weight is 412 g/mol. The monoisotopic (exact) mass is 412 g/mol. The third kappa shape index (κ3) is 7.75. The zero-order chi connectivity index (χ0) is 21.8. The van der Waals surface area contributed by atoms with E-state index >= 15 is 0 Å². The van der Waals surface area contributed by atoms with Gasteiger partial charge in [-0.1, -0.05) is 42.5 Å². The quantitative estimate of drug-likeness (QED) is 0.457. The summed E-state index contributed by atoms with van der Waals surface area (Å²) < 4.78 is 9.54. The number of ether oxygens (including phenoxy) is 2. The van der Waals surface area contributed by atoms with Gasteiger partial charge in [0.1, 0.15) is 0 Å². The predicted octanol–water partition coefficient (Wildman–Crippen LogP) is 2.09. The number of para-hydroxylation sites is 1. The third-order valence-electron chi connectivity index (χ3n) is 4.07. The van der Waals surface area contributed by atoms with Gasteiger partial charge < -0.3 is 20.1 Å². The first-order chi connectivity index (χ1) is 14.5. The minimum absolute atomic E-state index is 0.150. The molecule has 2 N–H and O–H groups in total. The lowest BCUT2D eigenvalue weighted by molar-refractivity contribution is -0.140. The lowest BCUT2D eigenvalue weighted by Crippen LogP contribution is -2.30. The van der Waals surface area contributed by atoms with Crippen molar-refractivity contribution in [2.45, 2.75) is 19.3 Å². The Morgan fingerprint density at radius 3 is 2.33 bits per heavy atom. The van der Waals surface area contributed by atoms with Crippen molar-refractivity contribution in [2.75, 3.05) is 25.6 Å². The average Bonchev–Trinajstić information content (AvgIpc) is 2.75. The number of benzene rings is 2. The number of methoxy groups -OCH3 is 1. The van der Waals surface area contributed by atoms with Crippen molar-refractivity contribution in [2.24, 2.45) is 0 Å². The fourth-order valence-electron chi connectivity index (χ4n) is 2.57. The van der Waals surface area contributed by atoms with Crippen LogP contribution in [-0.2, 0) is 30.3 Å². The summed E-state index contributed by atoms with van der Waals surface area (Å²) >= 11 is 0. The molecule has 0 aromatic heterocycles. The van der Waals surface area contributed by atoms with E-state index in [0.29, 0.717) is 12.1 Å². The van der Waals surface area contributed by atoms with Crippen molar-refractivity contribution in [1.29, 1.82) is 0 Å². The van der Waals surface area contributed by atoms with Crippen LogP contribution in [0.25, 0.3) is 0 Å². The molecule has 0 bridgehead atoms. The second kappa shape index (κ2) is 12.0. The number of hydrogen-bond acceptors (Lipinski definition) is 6. The Labute approximate surface area is 174 Å². The molecular formula is C22H24N2O6. The summed E-state index contributed by atoms with van der Waals surface area (Å²) in [5, 5.41) is 5.25. The molecule has 30 heavy (non-hydrogen) atoms. The van der Waals surface area contributed by atoms with Gasteiger partial charge in [0, 0.05) is 13.0 Å². The van der Waals surface area contributed by atoms with Crippen molar-refractivity contribution in [1.82, 2.24) is 5.32 Å². The first-order valence-electron chi connectivity index (χ1n) is 9.43. The van der Waals surface area contributed by atoms with E-state index in [0.717, 1.165) is 5.56 Å². The van der Waals surface area contributed by atoms with Gasteiger partial charge in [-0.25, -0.2) is 4.79 Å². The third-order valence-corrected chi connectivity index (χ3v) is 4.07. The number of rotatable bonds is 10. The fraction of sp³-hybridized carbons (Fsp3) is 0.273. The first-order valence-corrected chi connectivity index (χ1v) is 9.43. The Balaban J connectivity index is 1.84. The van der Waals surface area contributed by atoms with Crippen molar-refractivity contribution in [3.63, 3.8) is 0 Å². The highest BCUT2D eigenvalue weighted by Gasteiger charge is 2.16. The molecule has 0 aliphatic heterocycles. The van der Waals surface area contributed by atoms with Crippen LogP contribution in [0.15, 0.2) is 54.6 Å². The second-order valence-corrected chi connectivity index (χ2v) is 6.36.